The van der Waals surface area contributed by atoms with Crippen LogP contribution in [0.2, 0.25) is 0 Å². The van der Waals surface area contributed by atoms with Crippen LogP contribution in [0, 0.1) is 0 Å². The Morgan fingerprint density at radius 1 is 1.56 bits per heavy atom. The smallest absolute Gasteiger partial charge is 0.357 e. The lowest BCUT2D eigenvalue weighted by atomic mass is 10.2. The van der Waals surface area contributed by atoms with E-state index >= 15 is 0 Å². The molecule has 2 rings (SSSR count). The van der Waals surface area contributed by atoms with E-state index in [2.05, 4.69) is 28.9 Å². The second-order valence-electron chi connectivity index (χ2n) is 4.55. The zero-order valence-corrected chi connectivity index (χ0v) is 11.9. The highest BCUT2D eigenvalue weighted by atomic mass is 32.1. The highest BCUT2D eigenvalue weighted by Crippen LogP contribution is 2.26. The quantitative estimate of drug-likeness (QED) is 0.773. The molecule has 0 aliphatic carbocycles. The molecule has 1 aromatic heterocycles. The highest BCUT2D eigenvalue weighted by Gasteiger charge is 2.27. The summed E-state index contributed by atoms with van der Waals surface area (Å²) in [7, 11) is 4.21. The van der Waals surface area contributed by atoms with Crippen LogP contribution in [0.5, 0.6) is 0 Å². The molecule has 100 valence electrons. The fourth-order valence-electron chi connectivity index (χ4n) is 2.02. The number of carbonyl (C=O) groups excluding carboxylic acids is 1. The summed E-state index contributed by atoms with van der Waals surface area (Å²) in [6, 6.07) is 0.275. The number of rotatable bonds is 3. The SMILES string of the molecule is CCOC(=O)c1csc(C2CN(C)CCN2C)n1. The summed E-state index contributed by atoms with van der Waals surface area (Å²) in [5.41, 5.74) is 0.429. The van der Waals surface area contributed by atoms with Crippen molar-refractivity contribution in [3.05, 3.63) is 16.1 Å². The van der Waals surface area contributed by atoms with Crippen molar-refractivity contribution in [1.29, 1.82) is 0 Å². The third kappa shape index (κ3) is 2.88. The van der Waals surface area contributed by atoms with Crippen LogP contribution in [0.15, 0.2) is 5.38 Å². The zero-order valence-electron chi connectivity index (χ0n) is 11.0. The van der Waals surface area contributed by atoms with Gasteiger partial charge < -0.3 is 9.64 Å². The lowest BCUT2D eigenvalue weighted by Gasteiger charge is -2.36. The number of hydrogen-bond acceptors (Lipinski definition) is 6. The molecule has 0 bridgehead atoms. The minimum absolute atomic E-state index is 0.275. The topological polar surface area (TPSA) is 45.7 Å². The minimum Gasteiger partial charge on any atom is -0.461 e. The third-order valence-corrected chi connectivity index (χ3v) is 4.09. The number of hydrogen-bond donors (Lipinski definition) is 0. The van der Waals surface area contributed by atoms with Gasteiger partial charge in [0.1, 0.15) is 5.01 Å². The Labute approximate surface area is 111 Å². The van der Waals surface area contributed by atoms with E-state index in [1.165, 1.54) is 11.3 Å². The van der Waals surface area contributed by atoms with Crippen molar-refractivity contribution in [2.75, 3.05) is 40.3 Å². The Morgan fingerprint density at radius 3 is 3.06 bits per heavy atom. The van der Waals surface area contributed by atoms with E-state index in [4.69, 9.17) is 4.74 Å². The molecule has 18 heavy (non-hydrogen) atoms. The largest absolute Gasteiger partial charge is 0.461 e. The van der Waals surface area contributed by atoms with Crippen LogP contribution in [0.25, 0.3) is 0 Å². The fraction of sp³-hybridized carbons (Fsp3) is 0.667. The second-order valence-corrected chi connectivity index (χ2v) is 5.44. The number of aromatic nitrogens is 1. The van der Waals surface area contributed by atoms with Crippen molar-refractivity contribution in [3.8, 4) is 0 Å². The molecule has 6 heteroatoms. The fourth-order valence-corrected chi connectivity index (χ4v) is 2.96. The van der Waals surface area contributed by atoms with Gasteiger partial charge >= 0.3 is 5.97 Å². The summed E-state index contributed by atoms with van der Waals surface area (Å²) in [5.74, 6) is -0.327. The standard InChI is InChI=1S/C12H19N3O2S/c1-4-17-12(16)9-8-18-11(13-9)10-7-14(2)5-6-15(10)3/h8,10H,4-7H2,1-3H3. The Morgan fingerprint density at radius 2 is 2.33 bits per heavy atom. The summed E-state index contributed by atoms with van der Waals surface area (Å²) in [6.45, 7) is 5.23. The number of ether oxygens (including phenoxy) is 1. The number of esters is 1. The van der Waals surface area contributed by atoms with E-state index in [-0.39, 0.29) is 12.0 Å². The maximum atomic E-state index is 11.6. The molecule has 1 atom stereocenters. The molecule has 1 saturated heterocycles. The molecule has 0 aromatic carbocycles. The molecule has 1 aliphatic heterocycles. The van der Waals surface area contributed by atoms with E-state index in [0.29, 0.717) is 12.3 Å². The molecular formula is C12H19N3O2S. The first-order chi connectivity index (χ1) is 8.61. The lowest BCUT2D eigenvalue weighted by molar-refractivity contribution is 0.0519. The number of piperazine rings is 1. The predicted molar refractivity (Wildman–Crippen MR) is 70.9 cm³/mol. The molecule has 1 aliphatic rings. The Hall–Kier alpha value is -0.980. The van der Waals surface area contributed by atoms with Gasteiger partial charge in [-0.05, 0) is 21.0 Å². The lowest BCUT2D eigenvalue weighted by Crippen LogP contribution is -2.44. The molecule has 0 radical (unpaired) electrons. The normalized spacial score (nSPS) is 22.1. The van der Waals surface area contributed by atoms with Crippen LogP contribution >= 0.6 is 11.3 Å². The average Bonchev–Trinajstić information content (AvgIpc) is 2.82. The number of carbonyl (C=O) groups is 1. The third-order valence-electron chi connectivity index (χ3n) is 3.14. The number of thiazole rings is 1. The molecule has 0 amide bonds. The van der Waals surface area contributed by atoms with E-state index in [9.17, 15) is 4.79 Å². The molecule has 0 saturated carbocycles. The summed E-state index contributed by atoms with van der Waals surface area (Å²) >= 11 is 1.54. The number of likely N-dealkylation sites (N-methyl/N-ethyl adjacent to an activating group) is 2. The van der Waals surface area contributed by atoms with Crippen molar-refractivity contribution in [2.24, 2.45) is 0 Å². The second kappa shape index (κ2) is 5.77. The molecule has 1 fully saturated rings. The number of nitrogens with zero attached hydrogens (tertiary/aromatic N) is 3. The van der Waals surface area contributed by atoms with E-state index in [1.54, 1.807) is 12.3 Å². The molecule has 2 heterocycles. The minimum atomic E-state index is -0.327. The first-order valence-corrected chi connectivity index (χ1v) is 7.01. The molecule has 5 nitrogen and oxygen atoms in total. The molecule has 0 spiro atoms. The zero-order chi connectivity index (χ0) is 13.1. The van der Waals surface area contributed by atoms with Crippen LogP contribution in [0.1, 0.15) is 28.5 Å². The van der Waals surface area contributed by atoms with Crippen LogP contribution in [0.4, 0.5) is 0 Å². The van der Waals surface area contributed by atoms with Gasteiger partial charge in [-0.1, -0.05) is 0 Å². The van der Waals surface area contributed by atoms with Gasteiger partial charge in [0.05, 0.1) is 12.6 Å². The molecule has 0 N–H and O–H groups in total. The maximum Gasteiger partial charge on any atom is 0.357 e. The van der Waals surface area contributed by atoms with Crippen LogP contribution in [-0.2, 0) is 4.74 Å². The first kappa shape index (κ1) is 13.5. The van der Waals surface area contributed by atoms with Crippen molar-refractivity contribution >= 4 is 17.3 Å². The van der Waals surface area contributed by atoms with Gasteiger partial charge in [0.15, 0.2) is 5.69 Å². The van der Waals surface area contributed by atoms with E-state index in [1.807, 2.05) is 0 Å². The van der Waals surface area contributed by atoms with E-state index in [0.717, 1.165) is 24.6 Å². The molecule has 1 aromatic rings. The molecular weight excluding hydrogens is 250 g/mol. The average molecular weight is 269 g/mol. The summed E-state index contributed by atoms with van der Waals surface area (Å²) in [6.07, 6.45) is 0. The Kier molecular flexibility index (Phi) is 4.31. The van der Waals surface area contributed by atoms with Gasteiger partial charge in [-0.2, -0.15) is 0 Å². The van der Waals surface area contributed by atoms with E-state index < -0.39 is 0 Å². The maximum absolute atomic E-state index is 11.6. The van der Waals surface area contributed by atoms with Gasteiger partial charge in [0.25, 0.3) is 0 Å². The summed E-state index contributed by atoms with van der Waals surface area (Å²) in [5, 5.41) is 2.78. The molecule has 1 unspecified atom stereocenters. The van der Waals surface area contributed by atoms with Gasteiger partial charge in [0, 0.05) is 25.0 Å². The first-order valence-electron chi connectivity index (χ1n) is 6.13. The van der Waals surface area contributed by atoms with Gasteiger partial charge in [-0.3, -0.25) is 4.90 Å². The van der Waals surface area contributed by atoms with Crippen LogP contribution < -0.4 is 0 Å². The van der Waals surface area contributed by atoms with Crippen molar-refractivity contribution in [3.63, 3.8) is 0 Å². The monoisotopic (exact) mass is 269 g/mol. The summed E-state index contributed by atoms with van der Waals surface area (Å²) in [4.78, 5) is 20.6. The van der Waals surface area contributed by atoms with Crippen molar-refractivity contribution in [2.45, 2.75) is 13.0 Å². The summed E-state index contributed by atoms with van der Waals surface area (Å²) < 4.78 is 4.96. The van der Waals surface area contributed by atoms with Gasteiger partial charge in [0.2, 0.25) is 0 Å². The van der Waals surface area contributed by atoms with Gasteiger partial charge in [-0.15, -0.1) is 11.3 Å². The van der Waals surface area contributed by atoms with Crippen molar-refractivity contribution < 1.29 is 9.53 Å². The van der Waals surface area contributed by atoms with Gasteiger partial charge in [-0.25, -0.2) is 9.78 Å². The van der Waals surface area contributed by atoms with Crippen LogP contribution in [-0.4, -0.2) is 61.1 Å². The van der Waals surface area contributed by atoms with Crippen LogP contribution in [0.3, 0.4) is 0 Å². The highest BCUT2D eigenvalue weighted by molar-refractivity contribution is 7.09. The Bertz CT molecular complexity index is 421. The Balaban J connectivity index is 2.11. The van der Waals surface area contributed by atoms with Crippen molar-refractivity contribution in [1.82, 2.24) is 14.8 Å². The predicted octanol–water partition coefficient (Wildman–Crippen LogP) is 1.24.